The van der Waals surface area contributed by atoms with Crippen molar-refractivity contribution in [2.45, 2.75) is 39.1 Å². The monoisotopic (exact) mass is 338 g/mol. The fourth-order valence-electron chi connectivity index (χ4n) is 1.53. The van der Waals surface area contributed by atoms with Gasteiger partial charge in [0, 0.05) is 0 Å². The summed E-state index contributed by atoms with van der Waals surface area (Å²) in [6, 6.07) is 0. The van der Waals surface area contributed by atoms with Crippen LogP contribution in [0.4, 0.5) is 0 Å². The Balaban J connectivity index is 0. The van der Waals surface area contributed by atoms with Crippen molar-refractivity contribution in [1.82, 2.24) is 0 Å². The van der Waals surface area contributed by atoms with Crippen LogP contribution in [0.25, 0.3) is 0 Å². The molecule has 21 heavy (non-hydrogen) atoms. The van der Waals surface area contributed by atoms with Crippen LogP contribution in [0.15, 0.2) is 0 Å². The van der Waals surface area contributed by atoms with Crippen LogP contribution >= 0.6 is 0 Å². The summed E-state index contributed by atoms with van der Waals surface area (Å²) < 4.78 is 41.1. The van der Waals surface area contributed by atoms with Gasteiger partial charge in [-0.2, -0.15) is 0 Å². The van der Waals surface area contributed by atoms with Crippen molar-refractivity contribution in [3.8, 4) is 0 Å². The Labute approximate surface area is 145 Å². The Bertz CT molecular complexity index is 417. The number of aliphatic hydroxyl groups is 2. The van der Waals surface area contributed by atoms with Crippen molar-refractivity contribution < 1.29 is 71.6 Å². The standard InChI is InChI=1S/C10H20O9S.Na/c1-10(2,3)8(18-7(5-12)9(13)14)6(4-11)19-20(15,16)17;/h6-8,11-12H,4-5H2,1-3H3,(H,13,14)(H,15,16,17);/q;+1/p-1. The summed E-state index contributed by atoms with van der Waals surface area (Å²) in [4.78, 5) is 10.8. The van der Waals surface area contributed by atoms with Crippen LogP contribution in [0, 0.1) is 5.41 Å². The molecule has 3 atom stereocenters. The molecular weight excluding hydrogens is 319 g/mol. The van der Waals surface area contributed by atoms with Gasteiger partial charge in [-0.1, -0.05) is 20.8 Å². The maximum Gasteiger partial charge on any atom is 1.00 e. The molecule has 11 heteroatoms. The van der Waals surface area contributed by atoms with Crippen LogP contribution in [0.1, 0.15) is 20.8 Å². The number of carbonyl (C=O) groups is 1. The van der Waals surface area contributed by atoms with E-state index in [1.165, 1.54) is 0 Å². The second-order valence-electron chi connectivity index (χ2n) is 5.16. The maximum atomic E-state index is 10.8. The molecule has 9 nitrogen and oxygen atoms in total. The predicted octanol–water partition coefficient (Wildman–Crippen LogP) is -4.30. The number of ether oxygens (including phenoxy) is 1. The number of hydrogen-bond acceptors (Lipinski definition) is 8. The number of aliphatic carboxylic acids is 1. The molecule has 0 bridgehead atoms. The molecule has 0 aromatic heterocycles. The van der Waals surface area contributed by atoms with Gasteiger partial charge in [-0.3, -0.25) is 4.18 Å². The van der Waals surface area contributed by atoms with E-state index in [2.05, 4.69) is 4.18 Å². The molecule has 0 amide bonds. The van der Waals surface area contributed by atoms with E-state index in [-0.39, 0.29) is 29.6 Å². The largest absolute Gasteiger partial charge is 1.00 e. The Hall–Kier alpha value is 0.220. The van der Waals surface area contributed by atoms with E-state index in [1.807, 2.05) is 0 Å². The normalized spacial score (nSPS) is 16.7. The molecule has 3 N–H and O–H groups in total. The van der Waals surface area contributed by atoms with Gasteiger partial charge in [0.1, 0.15) is 6.10 Å². The molecule has 0 spiro atoms. The Kier molecular flexibility index (Phi) is 10.5. The molecule has 0 aliphatic carbocycles. The van der Waals surface area contributed by atoms with Gasteiger partial charge < -0.3 is 24.6 Å². The molecule has 0 aliphatic heterocycles. The third-order valence-electron chi connectivity index (χ3n) is 2.36. The second kappa shape index (κ2) is 9.38. The zero-order valence-corrected chi connectivity index (χ0v) is 15.2. The van der Waals surface area contributed by atoms with Crippen molar-refractivity contribution in [1.29, 1.82) is 0 Å². The third-order valence-corrected chi connectivity index (χ3v) is 2.85. The summed E-state index contributed by atoms with van der Waals surface area (Å²) in [6.45, 7) is 2.97. The van der Waals surface area contributed by atoms with E-state index in [0.717, 1.165) is 0 Å². The third kappa shape index (κ3) is 9.06. The molecule has 0 saturated heterocycles. The van der Waals surface area contributed by atoms with E-state index in [0.29, 0.717) is 0 Å². The molecular formula is C10H19NaO9S. The van der Waals surface area contributed by atoms with E-state index < -0.39 is 53.3 Å². The molecule has 0 rings (SSSR count). The zero-order valence-electron chi connectivity index (χ0n) is 12.3. The first-order chi connectivity index (χ1) is 8.92. The van der Waals surface area contributed by atoms with Gasteiger partial charge in [-0.05, 0) is 5.41 Å². The van der Waals surface area contributed by atoms with Gasteiger partial charge in [0.2, 0.25) is 10.4 Å². The number of carboxylic acids is 1. The summed E-state index contributed by atoms with van der Waals surface area (Å²) in [5.74, 6) is -1.47. The van der Waals surface area contributed by atoms with Crippen LogP contribution in [-0.4, -0.2) is 65.8 Å². The van der Waals surface area contributed by atoms with Gasteiger partial charge in [0.05, 0.1) is 19.3 Å². The number of aliphatic hydroxyl groups excluding tert-OH is 2. The van der Waals surface area contributed by atoms with Crippen LogP contribution in [-0.2, 0) is 24.1 Å². The molecule has 0 aromatic rings. The first-order valence-corrected chi connectivity index (χ1v) is 6.99. The fourth-order valence-corrected chi connectivity index (χ4v) is 2.00. The predicted molar refractivity (Wildman–Crippen MR) is 64.5 cm³/mol. The van der Waals surface area contributed by atoms with Crippen LogP contribution in [0.2, 0.25) is 0 Å². The van der Waals surface area contributed by atoms with E-state index in [4.69, 9.17) is 20.1 Å². The Morgan fingerprint density at radius 1 is 1.24 bits per heavy atom. The minimum absolute atomic E-state index is 0. The SMILES string of the molecule is CC(C)(C)C(OC(CO)C(=O)O)C(CO)OS(=O)(=O)[O-].[Na+]. The fraction of sp³-hybridized carbons (Fsp3) is 0.900. The van der Waals surface area contributed by atoms with Crippen molar-refractivity contribution >= 4 is 16.4 Å². The first kappa shape index (κ1) is 23.5. The quantitative estimate of drug-likeness (QED) is 0.226. The topological polar surface area (TPSA) is 153 Å². The first-order valence-electron chi connectivity index (χ1n) is 5.66. The molecule has 0 radical (unpaired) electrons. The summed E-state index contributed by atoms with van der Waals surface area (Å²) in [6.07, 6.45) is -4.46. The van der Waals surface area contributed by atoms with Gasteiger partial charge in [-0.25, -0.2) is 13.2 Å². The van der Waals surface area contributed by atoms with Crippen molar-refractivity contribution in [3.05, 3.63) is 0 Å². The molecule has 0 heterocycles. The van der Waals surface area contributed by atoms with Crippen LogP contribution in [0.3, 0.4) is 0 Å². The number of hydrogen-bond donors (Lipinski definition) is 3. The minimum Gasteiger partial charge on any atom is -0.726 e. The van der Waals surface area contributed by atoms with Gasteiger partial charge in [-0.15, -0.1) is 0 Å². The summed E-state index contributed by atoms with van der Waals surface area (Å²) in [5, 5.41) is 26.8. The Morgan fingerprint density at radius 2 is 1.71 bits per heavy atom. The van der Waals surface area contributed by atoms with Crippen LogP contribution < -0.4 is 29.6 Å². The van der Waals surface area contributed by atoms with Gasteiger partial charge in [0.25, 0.3) is 0 Å². The summed E-state index contributed by atoms with van der Waals surface area (Å²) in [5.41, 5.74) is -0.860. The minimum atomic E-state index is -5.10. The van der Waals surface area contributed by atoms with E-state index in [9.17, 15) is 17.8 Å². The molecule has 0 aromatic carbocycles. The Morgan fingerprint density at radius 3 is 1.95 bits per heavy atom. The summed E-state index contributed by atoms with van der Waals surface area (Å²) >= 11 is 0. The molecule has 3 unspecified atom stereocenters. The van der Waals surface area contributed by atoms with E-state index in [1.54, 1.807) is 20.8 Å². The average molecular weight is 338 g/mol. The average Bonchev–Trinajstić information content (AvgIpc) is 2.24. The maximum absolute atomic E-state index is 10.8. The zero-order chi connectivity index (χ0) is 16.1. The molecule has 0 saturated carbocycles. The molecule has 0 fully saturated rings. The smallest absolute Gasteiger partial charge is 0.726 e. The van der Waals surface area contributed by atoms with Crippen molar-refractivity contribution in [2.24, 2.45) is 5.41 Å². The second-order valence-corrected chi connectivity index (χ2v) is 6.17. The molecule has 0 aliphatic rings. The van der Waals surface area contributed by atoms with Crippen molar-refractivity contribution in [2.75, 3.05) is 13.2 Å². The van der Waals surface area contributed by atoms with Gasteiger partial charge in [0.15, 0.2) is 6.10 Å². The van der Waals surface area contributed by atoms with E-state index >= 15 is 0 Å². The molecule has 120 valence electrons. The number of rotatable bonds is 8. The summed E-state index contributed by atoms with van der Waals surface area (Å²) in [7, 11) is -5.10. The number of carboxylic acid groups (broad SMARTS) is 1. The van der Waals surface area contributed by atoms with Crippen LogP contribution in [0.5, 0.6) is 0 Å². The van der Waals surface area contributed by atoms with Gasteiger partial charge >= 0.3 is 35.5 Å². The van der Waals surface area contributed by atoms with Crippen molar-refractivity contribution in [3.63, 3.8) is 0 Å².